The van der Waals surface area contributed by atoms with Crippen LogP contribution in [0.1, 0.15) is 143 Å². The lowest BCUT2D eigenvalue weighted by molar-refractivity contribution is -0.149. The topological polar surface area (TPSA) is 52.6 Å². The zero-order valence-electron chi connectivity index (χ0n) is 21.2. The molecule has 0 amide bonds. The number of ether oxygens (including phenoxy) is 2. The average Bonchev–Trinajstić information content (AvgIpc) is 2.70. The van der Waals surface area contributed by atoms with Crippen LogP contribution in [-0.4, -0.2) is 24.6 Å². The van der Waals surface area contributed by atoms with Crippen LogP contribution in [0.3, 0.4) is 0 Å². The Morgan fingerprint density at radius 3 is 1.58 bits per heavy atom. The van der Waals surface area contributed by atoms with E-state index in [0.29, 0.717) is 25.4 Å². The first-order valence-corrected chi connectivity index (χ1v) is 13.3. The number of rotatable bonds is 22. The molecule has 0 aliphatic carbocycles. The van der Waals surface area contributed by atoms with E-state index < -0.39 is 0 Å². The second kappa shape index (κ2) is 22.1. The van der Waals surface area contributed by atoms with Crippen molar-refractivity contribution in [2.24, 2.45) is 5.92 Å². The quantitative estimate of drug-likeness (QED) is 0.126. The van der Waals surface area contributed by atoms with Gasteiger partial charge in [0.25, 0.3) is 0 Å². The van der Waals surface area contributed by atoms with E-state index in [1.54, 1.807) is 0 Å². The van der Waals surface area contributed by atoms with E-state index in [-0.39, 0.29) is 18.0 Å². The van der Waals surface area contributed by atoms with Crippen LogP contribution in [0.4, 0.5) is 0 Å². The Hall–Kier alpha value is -1.06. The molecule has 0 saturated heterocycles. The third-order valence-electron chi connectivity index (χ3n) is 5.66. The fourth-order valence-electron chi connectivity index (χ4n) is 3.91. The lowest BCUT2D eigenvalue weighted by atomic mass is 10.1. The van der Waals surface area contributed by atoms with Gasteiger partial charge in [0.05, 0.1) is 12.7 Å². The smallest absolute Gasteiger partial charge is 0.306 e. The SMILES string of the molecule is CCCCCCCCCCCOC(=O)CCCCCCCCC(=O)OC(C)CC(C)C. The van der Waals surface area contributed by atoms with Crippen molar-refractivity contribution in [1.29, 1.82) is 0 Å². The number of carbonyl (C=O) groups is 2. The van der Waals surface area contributed by atoms with Gasteiger partial charge < -0.3 is 9.47 Å². The molecule has 0 aromatic carbocycles. The first-order valence-electron chi connectivity index (χ1n) is 13.3. The molecule has 0 aromatic heterocycles. The molecule has 0 heterocycles. The van der Waals surface area contributed by atoms with Gasteiger partial charge in [0.1, 0.15) is 0 Å². The normalized spacial score (nSPS) is 12.2. The van der Waals surface area contributed by atoms with Crippen molar-refractivity contribution in [2.75, 3.05) is 6.61 Å². The highest BCUT2D eigenvalue weighted by molar-refractivity contribution is 5.69. The monoisotopic (exact) mass is 440 g/mol. The summed E-state index contributed by atoms with van der Waals surface area (Å²) in [6, 6.07) is 0. The fraction of sp³-hybridized carbons (Fsp3) is 0.926. The summed E-state index contributed by atoms with van der Waals surface area (Å²) in [7, 11) is 0. The molecule has 4 nitrogen and oxygen atoms in total. The summed E-state index contributed by atoms with van der Waals surface area (Å²) in [4.78, 5) is 23.5. The second-order valence-electron chi connectivity index (χ2n) is 9.60. The Balaban J connectivity index is 3.33. The summed E-state index contributed by atoms with van der Waals surface area (Å²) in [5.74, 6) is 0.440. The Kier molecular flexibility index (Phi) is 21.4. The molecule has 0 spiro atoms. The average molecular weight is 441 g/mol. The largest absolute Gasteiger partial charge is 0.466 e. The maximum atomic E-state index is 11.8. The van der Waals surface area contributed by atoms with Gasteiger partial charge in [0, 0.05) is 12.8 Å². The molecule has 0 aromatic rings. The van der Waals surface area contributed by atoms with E-state index in [1.807, 2.05) is 6.92 Å². The zero-order valence-corrected chi connectivity index (χ0v) is 21.2. The minimum atomic E-state index is -0.0668. The molecule has 0 bridgehead atoms. The summed E-state index contributed by atoms with van der Waals surface area (Å²) in [5.41, 5.74) is 0. The maximum Gasteiger partial charge on any atom is 0.306 e. The van der Waals surface area contributed by atoms with E-state index in [0.717, 1.165) is 51.4 Å². The Labute approximate surface area is 193 Å². The molecule has 0 aliphatic rings. The molecular formula is C27H52O4. The Bertz CT molecular complexity index is 419. The van der Waals surface area contributed by atoms with Crippen molar-refractivity contribution in [3.8, 4) is 0 Å². The number of carbonyl (C=O) groups excluding carboxylic acids is 2. The minimum Gasteiger partial charge on any atom is -0.466 e. The van der Waals surface area contributed by atoms with Crippen LogP contribution < -0.4 is 0 Å². The highest BCUT2D eigenvalue weighted by atomic mass is 16.5. The first kappa shape index (κ1) is 29.9. The van der Waals surface area contributed by atoms with Gasteiger partial charge in [-0.3, -0.25) is 9.59 Å². The van der Waals surface area contributed by atoms with Crippen LogP contribution in [0, 0.1) is 5.92 Å². The summed E-state index contributed by atoms with van der Waals surface area (Å²) >= 11 is 0. The molecule has 0 N–H and O–H groups in total. The highest BCUT2D eigenvalue weighted by Crippen LogP contribution is 2.13. The Morgan fingerprint density at radius 2 is 1.06 bits per heavy atom. The molecule has 184 valence electrons. The van der Waals surface area contributed by atoms with E-state index in [2.05, 4.69) is 20.8 Å². The number of hydrogen-bond acceptors (Lipinski definition) is 4. The molecule has 0 aliphatic heterocycles. The van der Waals surface area contributed by atoms with Crippen LogP contribution in [0.5, 0.6) is 0 Å². The molecule has 0 radical (unpaired) electrons. The van der Waals surface area contributed by atoms with Crippen molar-refractivity contribution in [3.63, 3.8) is 0 Å². The summed E-state index contributed by atoms with van der Waals surface area (Å²) in [6.07, 6.45) is 19.7. The van der Waals surface area contributed by atoms with Crippen LogP contribution in [0.25, 0.3) is 0 Å². The standard InChI is InChI=1S/C27H52O4/c1-5-6-7-8-9-10-13-16-19-22-30-26(28)20-17-14-11-12-15-18-21-27(29)31-25(4)23-24(2)3/h24-25H,5-23H2,1-4H3. The van der Waals surface area contributed by atoms with Crippen LogP contribution in [0.2, 0.25) is 0 Å². The third-order valence-corrected chi connectivity index (χ3v) is 5.66. The first-order chi connectivity index (χ1) is 15.0. The molecule has 4 heteroatoms. The molecule has 0 rings (SSSR count). The van der Waals surface area contributed by atoms with Gasteiger partial charge >= 0.3 is 11.9 Å². The lowest BCUT2D eigenvalue weighted by Crippen LogP contribution is -2.16. The molecule has 1 unspecified atom stereocenters. The predicted octanol–water partition coefficient (Wildman–Crippen LogP) is 8.16. The van der Waals surface area contributed by atoms with Gasteiger partial charge in [-0.05, 0) is 38.5 Å². The molecule has 31 heavy (non-hydrogen) atoms. The van der Waals surface area contributed by atoms with E-state index in [4.69, 9.17) is 9.47 Å². The van der Waals surface area contributed by atoms with Crippen LogP contribution >= 0.6 is 0 Å². The van der Waals surface area contributed by atoms with E-state index in [9.17, 15) is 9.59 Å². The van der Waals surface area contributed by atoms with Crippen molar-refractivity contribution in [2.45, 2.75) is 149 Å². The van der Waals surface area contributed by atoms with Gasteiger partial charge in [-0.1, -0.05) is 97.8 Å². The zero-order chi connectivity index (χ0) is 23.2. The highest BCUT2D eigenvalue weighted by Gasteiger charge is 2.10. The summed E-state index contributed by atoms with van der Waals surface area (Å²) in [5, 5.41) is 0. The number of hydrogen-bond donors (Lipinski definition) is 0. The summed E-state index contributed by atoms with van der Waals surface area (Å²) < 4.78 is 10.8. The van der Waals surface area contributed by atoms with E-state index >= 15 is 0 Å². The second-order valence-corrected chi connectivity index (χ2v) is 9.60. The van der Waals surface area contributed by atoms with Gasteiger partial charge in [-0.15, -0.1) is 0 Å². The minimum absolute atomic E-state index is 0.0209. The van der Waals surface area contributed by atoms with E-state index in [1.165, 1.54) is 51.4 Å². The molecule has 0 fully saturated rings. The van der Waals surface area contributed by atoms with Crippen LogP contribution in [0.15, 0.2) is 0 Å². The molecule has 0 saturated carbocycles. The maximum absolute atomic E-state index is 11.8. The fourth-order valence-corrected chi connectivity index (χ4v) is 3.91. The third kappa shape index (κ3) is 23.4. The van der Waals surface area contributed by atoms with Gasteiger partial charge in [0.15, 0.2) is 0 Å². The van der Waals surface area contributed by atoms with Crippen molar-refractivity contribution in [1.82, 2.24) is 0 Å². The predicted molar refractivity (Wildman–Crippen MR) is 130 cm³/mol. The van der Waals surface area contributed by atoms with Gasteiger partial charge in [-0.2, -0.15) is 0 Å². The van der Waals surface area contributed by atoms with Crippen molar-refractivity contribution >= 4 is 11.9 Å². The molecular weight excluding hydrogens is 388 g/mol. The Morgan fingerprint density at radius 1 is 0.613 bits per heavy atom. The van der Waals surface area contributed by atoms with Gasteiger partial charge in [0.2, 0.25) is 0 Å². The number of esters is 2. The molecule has 1 atom stereocenters. The van der Waals surface area contributed by atoms with Crippen molar-refractivity contribution in [3.05, 3.63) is 0 Å². The lowest BCUT2D eigenvalue weighted by Gasteiger charge is -2.15. The van der Waals surface area contributed by atoms with Gasteiger partial charge in [-0.25, -0.2) is 0 Å². The summed E-state index contributed by atoms with van der Waals surface area (Å²) in [6.45, 7) is 9.09. The van der Waals surface area contributed by atoms with Crippen molar-refractivity contribution < 1.29 is 19.1 Å². The van der Waals surface area contributed by atoms with Crippen LogP contribution in [-0.2, 0) is 19.1 Å². The number of unbranched alkanes of at least 4 members (excludes halogenated alkanes) is 13.